The molecule has 0 radical (unpaired) electrons. The molecule has 0 aromatic carbocycles. The van der Waals surface area contributed by atoms with Gasteiger partial charge in [-0.15, -0.1) is 0 Å². The highest BCUT2D eigenvalue weighted by Gasteiger charge is 2.46. The number of carbonyl (C=O) groups is 2. The van der Waals surface area contributed by atoms with E-state index in [1.165, 1.54) is 122 Å². The first-order valence-corrected chi connectivity index (χ1v) is 25.4. The number of aliphatic hydroxyl groups excluding tert-OH is 3. The van der Waals surface area contributed by atoms with E-state index in [-0.39, 0.29) is 19.4 Å². The molecule has 1 fully saturated rings. The highest BCUT2D eigenvalue weighted by Crippen LogP contribution is 2.24. The minimum Gasteiger partial charge on any atom is -0.462 e. The fraction of sp³-hybridized carbons (Fsp3) is 0.913. The molecule has 0 aliphatic carbocycles. The van der Waals surface area contributed by atoms with Gasteiger partial charge in [-0.2, -0.15) is 8.42 Å². The minimum absolute atomic E-state index is 0.163. The zero-order valence-corrected chi connectivity index (χ0v) is 37.9. The molecule has 6 atom stereocenters. The number of unbranched alkanes of at least 4 members (excludes halogenated alkanes) is 26. The Labute approximate surface area is 358 Å². The summed E-state index contributed by atoms with van der Waals surface area (Å²) < 4.78 is 54.1. The van der Waals surface area contributed by atoms with Gasteiger partial charge in [0.25, 0.3) is 10.1 Å². The van der Waals surface area contributed by atoms with Gasteiger partial charge in [-0.25, -0.2) is 0 Å². The smallest absolute Gasteiger partial charge is 0.306 e. The molecular formula is C46H86O12S. The van der Waals surface area contributed by atoms with Crippen LogP contribution in [0.4, 0.5) is 0 Å². The van der Waals surface area contributed by atoms with Gasteiger partial charge in [0.1, 0.15) is 36.8 Å². The molecule has 0 aromatic rings. The molecule has 6 unspecified atom stereocenters. The average molecular weight is 863 g/mol. The first kappa shape index (κ1) is 55.4. The van der Waals surface area contributed by atoms with Crippen LogP contribution in [0.1, 0.15) is 213 Å². The van der Waals surface area contributed by atoms with E-state index in [0.717, 1.165) is 51.4 Å². The average Bonchev–Trinajstić information content (AvgIpc) is 3.20. The lowest BCUT2D eigenvalue weighted by molar-refractivity contribution is -0.297. The van der Waals surface area contributed by atoms with Crippen molar-refractivity contribution in [2.75, 3.05) is 19.0 Å². The van der Waals surface area contributed by atoms with Gasteiger partial charge in [0.15, 0.2) is 12.4 Å². The Bertz CT molecular complexity index is 1150. The molecule has 0 bridgehead atoms. The van der Waals surface area contributed by atoms with Gasteiger partial charge in [-0.3, -0.25) is 14.1 Å². The molecule has 348 valence electrons. The predicted molar refractivity (Wildman–Crippen MR) is 234 cm³/mol. The van der Waals surface area contributed by atoms with Gasteiger partial charge in [0.05, 0.1) is 6.61 Å². The second-order valence-corrected chi connectivity index (χ2v) is 18.3. The quantitative estimate of drug-likeness (QED) is 0.0198. The molecule has 1 aliphatic rings. The van der Waals surface area contributed by atoms with Gasteiger partial charge in [-0.05, 0) is 38.5 Å². The van der Waals surface area contributed by atoms with Crippen molar-refractivity contribution in [1.82, 2.24) is 0 Å². The Morgan fingerprint density at radius 2 is 0.966 bits per heavy atom. The van der Waals surface area contributed by atoms with E-state index >= 15 is 0 Å². The number of esters is 2. The Kier molecular flexibility index (Phi) is 34.7. The Morgan fingerprint density at radius 1 is 0.559 bits per heavy atom. The summed E-state index contributed by atoms with van der Waals surface area (Å²) in [5.41, 5.74) is 0. The fourth-order valence-corrected chi connectivity index (χ4v) is 8.07. The van der Waals surface area contributed by atoms with Gasteiger partial charge in [-0.1, -0.05) is 174 Å². The van der Waals surface area contributed by atoms with Crippen molar-refractivity contribution >= 4 is 22.1 Å². The molecular weight excluding hydrogens is 777 g/mol. The molecule has 4 N–H and O–H groups in total. The molecule has 0 saturated carbocycles. The second-order valence-electron chi connectivity index (χ2n) is 16.8. The summed E-state index contributed by atoms with van der Waals surface area (Å²) in [5, 5.41) is 30.9. The van der Waals surface area contributed by atoms with Gasteiger partial charge in [0.2, 0.25) is 0 Å². The lowest BCUT2D eigenvalue weighted by Gasteiger charge is -2.40. The van der Waals surface area contributed by atoms with E-state index in [4.69, 9.17) is 18.9 Å². The monoisotopic (exact) mass is 863 g/mol. The maximum atomic E-state index is 12.8. The fourth-order valence-electron chi connectivity index (χ4n) is 7.38. The zero-order valence-electron chi connectivity index (χ0n) is 37.1. The number of rotatable bonds is 40. The van der Waals surface area contributed by atoms with Crippen molar-refractivity contribution in [2.45, 2.75) is 250 Å². The van der Waals surface area contributed by atoms with Crippen LogP contribution < -0.4 is 0 Å². The van der Waals surface area contributed by atoms with Crippen LogP contribution in [0.3, 0.4) is 0 Å². The van der Waals surface area contributed by atoms with Crippen LogP contribution in [0, 0.1) is 0 Å². The third kappa shape index (κ3) is 31.8. The van der Waals surface area contributed by atoms with Gasteiger partial charge < -0.3 is 34.3 Å². The van der Waals surface area contributed by atoms with Crippen molar-refractivity contribution in [2.24, 2.45) is 0 Å². The summed E-state index contributed by atoms with van der Waals surface area (Å²) in [6, 6.07) is 0. The van der Waals surface area contributed by atoms with E-state index in [0.29, 0.717) is 12.8 Å². The molecule has 59 heavy (non-hydrogen) atoms. The molecule has 0 aromatic heterocycles. The SMILES string of the molecule is CCCCCCCC/C=C\CCCCCCCCCC(=O)OC(COC(=O)CCCCCCCCCCCCCCCC)COC1OC(CS(=O)(=O)O)C(O)C(O)C1O. The molecule has 12 nitrogen and oxygen atoms in total. The van der Waals surface area contributed by atoms with Crippen molar-refractivity contribution in [3.05, 3.63) is 12.2 Å². The molecule has 1 heterocycles. The van der Waals surface area contributed by atoms with Crippen LogP contribution >= 0.6 is 0 Å². The maximum absolute atomic E-state index is 12.8. The van der Waals surface area contributed by atoms with Crippen molar-refractivity contribution < 1.29 is 56.8 Å². The Balaban J connectivity index is 2.42. The van der Waals surface area contributed by atoms with Crippen LogP contribution in [0.5, 0.6) is 0 Å². The summed E-state index contributed by atoms with van der Waals surface area (Å²) in [4.78, 5) is 25.4. The van der Waals surface area contributed by atoms with Gasteiger partial charge >= 0.3 is 11.9 Å². The lowest BCUT2D eigenvalue weighted by atomic mass is 10.00. The summed E-state index contributed by atoms with van der Waals surface area (Å²) in [6.45, 7) is 3.77. The zero-order chi connectivity index (χ0) is 43.4. The van der Waals surface area contributed by atoms with Crippen LogP contribution in [-0.4, -0.2) is 96.0 Å². The topological polar surface area (TPSA) is 186 Å². The van der Waals surface area contributed by atoms with Crippen molar-refractivity contribution in [3.8, 4) is 0 Å². The standard InChI is InChI=1S/C46H86O12S/c1-3-5-7-9-11-13-15-17-19-20-21-23-25-27-29-31-33-35-42(48)57-39(37-56-46-45(51)44(50)43(49)40(58-46)38-59(52,53)54)36-55-41(47)34-32-30-28-26-24-22-18-16-14-12-10-8-6-4-2/h17,19,39-40,43-46,49-51H,3-16,18,20-38H2,1-2H3,(H,52,53,54)/b19-17-. The summed E-state index contributed by atoms with van der Waals surface area (Å²) in [7, 11) is -4.60. The first-order chi connectivity index (χ1) is 28.5. The van der Waals surface area contributed by atoms with E-state index in [2.05, 4.69) is 26.0 Å². The van der Waals surface area contributed by atoms with Crippen LogP contribution in [0.15, 0.2) is 12.2 Å². The van der Waals surface area contributed by atoms with Crippen molar-refractivity contribution in [3.63, 3.8) is 0 Å². The van der Waals surface area contributed by atoms with Crippen LogP contribution in [-0.2, 0) is 38.7 Å². The normalized spacial score (nSPS) is 20.3. The van der Waals surface area contributed by atoms with Gasteiger partial charge in [0, 0.05) is 12.8 Å². The Morgan fingerprint density at radius 3 is 1.41 bits per heavy atom. The summed E-state index contributed by atoms with van der Waals surface area (Å²) >= 11 is 0. The number of carbonyl (C=O) groups excluding carboxylic acids is 2. The number of aliphatic hydroxyl groups is 3. The molecule has 0 spiro atoms. The molecule has 1 saturated heterocycles. The minimum atomic E-state index is -4.60. The first-order valence-electron chi connectivity index (χ1n) is 23.7. The number of allylic oxidation sites excluding steroid dienone is 2. The third-order valence-electron chi connectivity index (χ3n) is 11.1. The molecule has 1 rings (SSSR count). The van der Waals surface area contributed by atoms with E-state index in [9.17, 15) is 37.9 Å². The largest absolute Gasteiger partial charge is 0.462 e. The number of ether oxygens (including phenoxy) is 4. The molecule has 0 amide bonds. The van der Waals surface area contributed by atoms with E-state index in [1.807, 2.05) is 0 Å². The second kappa shape index (κ2) is 37.0. The van der Waals surface area contributed by atoms with E-state index in [1.54, 1.807) is 0 Å². The predicted octanol–water partition coefficient (Wildman–Crippen LogP) is 9.84. The number of hydrogen-bond donors (Lipinski definition) is 4. The van der Waals surface area contributed by atoms with E-state index < -0.39 is 71.2 Å². The summed E-state index contributed by atoms with van der Waals surface area (Å²) in [5.74, 6) is -1.97. The van der Waals surface area contributed by atoms with Crippen LogP contribution in [0.2, 0.25) is 0 Å². The molecule has 1 aliphatic heterocycles. The lowest BCUT2D eigenvalue weighted by Crippen LogP contribution is -2.60. The van der Waals surface area contributed by atoms with Crippen LogP contribution in [0.25, 0.3) is 0 Å². The highest BCUT2D eigenvalue weighted by atomic mass is 32.2. The summed E-state index contributed by atoms with van der Waals surface area (Å²) in [6.07, 6.45) is 29.6. The third-order valence-corrected chi connectivity index (χ3v) is 11.8. The Hall–Kier alpha value is -1.61. The maximum Gasteiger partial charge on any atom is 0.306 e. The molecule has 13 heteroatoms. The highest BCUT2D eigenvalue weighted by molar-refractivity contribution is 7.85. The van der Waals surface area contributed by atoms with Crippen molar-refractivity contribution in [1.29, 1.82) is 0 Å². The number of hydrogen-bond acceptors (Lipinski definition) is 11.